The maximum absolute atomic E-state index is 14.1. The number of piperazine rings is 1. The number of carbonyl (C=O) groups is 1. The van der Waals surface area contributed by atoms with Crippen LogP contribution in [0.2, 0.25) is 0 Å². The normalized spacial score (nSPS) is 19.6. The number of pyridine rings is 1. The van der Waals surface area contributed by atoms with Crippen LogP contribution in [0.3, 0.4) is 0 Å². The molecule has 0 saturated carbocycles. The number of carbonyl (C=O) groups excluding carboxylic acids is 1. The van der Waals surface area contributed by atoms with Crippen LogP contribution in [0.4, 0.5) is 18.0 Å². The van der Waals surface area contributed by atoms with Crippen molar-refractivity contribution in [3.63, 3.8) is 0 Å². The van der Waals surface area contributed by atoms with Crippen LogP contribution in [0.1, 0.15) is 50.4 Å². The van der Waals surface area contributed by atoms with Gasteiger partial charge in [-0.25, -0.2) is 14.5 Å². The summed E-state index contributed by atoms with van der Waals surface area (Å²) in [7, 11) is 1.64. The second-order valence-electron chi connectivity index (χ2n) is 11.2. The number of nitriles is 1. The van der Waals surface area contributed by atoms with Gasteiger partial charge in [-0.05, 0) is 64.3 Å². The van der Waals surface area contributed by atoms with E-state index in [1.165, 1.54) is 10.7 Å². The molecule has 0 radical (unpaired) electrons. The molecule has 2 aliphatic heterocycles. The Morgan fingerprint density at radius 3 is 2.59 bits per heavy atom. The zero-order valence-corrected chi connectivity index (χ0v) is 22.3. The second-order valence-corrected chi connectivity index (χ2v) is 11.2. The monoisotopic (exact) mass is 541 g/mol. The molecule has 0 aliphatic carbocycles. The van der Waals surface area contributed by atoms with Crippen molar-refractivity contribution in [3.05, 3.63) is 41.1 Å². The van der Waals surface area contributed by atoms with Gasteiger partial charge in [0.15, 0.2) is 5.69 Å². The molecule has 2 bridgehead atoms. The number of halogens is 3. The molecule has 2 fully saturated rings. The molecular weight excluding hydrogens is 511 g/mol. The lowest BCUT2D eigenvalue weighted by atomic mass is 9.97. The molecule has 5 rings (SSSR count). The third-order valence-corrected chi connectivity index (χ3v) is 7.29. The Bertz CT molecular complexity index is 1450. The molecule has 12 heteroatoms. The Kier molecular flexibility index (Phi) is 6.74. The predicted octanol–water partition coefficient (Wildman–Crippen LogP) is 4.55. The summed E-state index contributed by atoms with van der Waals surface area (Å²) in [6.45, 7) is 7.45. The van der Waals surface area contributed by atoms with Crippen LogP contribution in [-0.2, 0) is 24.4 Å². The molecule has 1 aromatic carbocycles. The first-order valence-electron chi connectivity index (χ1n) is 12.9. The Balaban J connectivity index is 1.28. The van der Waals surface area contributed by atoms with Crippen molar-refractivity contribution in [1.29, 1.82) is 5.26 Å². The van der Waals surface area contributed by atoms with E-state index in [4.69, 9.17) is 4.74 Å². The van der Waals surface area contributed by atoms with E-state index in [2.05, 4.69) is 20.2 Å². The van der Waals surface area contributed by atoms with Crippen molar-refractivity contribution in [3.8, 4) is 17.3 Å². The van der Waals surface area contributed by atoms with E-state index in [-0.39, 0.29) is 47.1 Å². The highest BCUT2D eigenvalue weighted by molar-refractivity contribution is 5.83. The van der Waals surface area contributed by atoms with Gasteiger partial charge in [0.25, 0.3) is 0 Å². The minimum absolute atomic E-state index is 0.0124. The summed E-state index contributed by atoms with van der Waals surface area (Å²) in [5.41, 5.74) is 0.311. The number of fused-ring (bicyclic) bond motifs is 3. The number of nitrogens with zero attached hydrogens (tertiary/aromatic N) is 7. The molecule has 2 aliphatic rings. The molecule has 0 unspecified atom stereocenters. The molecular formula is C27H30F3N7O2. The van der Waals surface area contributed by atoms with Crippen LogP contribution >= 0.6 is 0 Å². The largest absolute Gasteiger partial charge is 0.444 e. The zero-order valence-electron chi connectivity index (χ0n) is 22.3. The number of hydrogen-bond donors (Lipinski definition) is 0. The van der Waals surface area contributed by atoms with Crippen molar-refractivity contribution >= 4 is 17.1 Å². The number of alkyl halides is 3. The van der Waals surface area contributed by atoms with Gasteiger partial charge in [0.05, 0.1) is 16.8 Å². The molecule has 0 spiro atoms. The lowest BCUT2D eigenvalue weighted by molar-refractivity contribution is -0.138. The quantitative estimate of drug-likeness (QED) is 0.467. The first-order chi connectivity index (χ1) is 18.3. The standard InChI is InChI=1S/C27H30F3N7O2/c1-26(2,3)39-25(38)37-15-18-11-19(37)14-36(18)9-5-6-16-7-8-17(10-20(16)27(28,29)30)21-12-23-24(22(13-31)32-21)33-34-35(23)4/h7-8,10,12,18-19H,5-6,9,11,14-15H2,1-4H3/t18-,19-/m0/s1. The maximum Gasteiger partial charge on any atom is 0.416 e. The number of likely N-dealkylation sites (tertiary alicyclic amines) is 2. The molecule has 9 nitrogen and oxygen atoms in total. The topological polar surface area (TPSA) is 100 Å². The van der Waals surface area contributed by atoms with E-state index in [0.717, 1.165) is 12.5 Å². The molecule has 2 aromatic heterocycles. The summed E-state index contributed by atoms with van der Waals surface area (Å²) in [5.74, 6) is 0. The van der Waals surface area contributed by atoms with E-state index >= 15 is 0 Å². The maximum atomic E-state index is 14.1. The highest BCUT2D eigenvalue weighted by Gasteiger charge is 2.46. The Morgan fingerprint density at radius 1 is 1.18 bits per heavy atom. The molecule has 3 aromatic rings. The fraction of sp³-hybridized carbons (Fsp3) is 0.519. The van der Waals surface area contributed by atoms with Crippen molar-refractivity contribution < 1.29 is 22.7 Å². The lowest BCUT2D eigenvalue weighted by Crippen LogP contribution is -2.50. The van der Waals surface area contributed by atoms with Gasteiger partial charge in [-0.15, -0.1) is 5.10 Å². The van der Waals surface area contributed by atoms with Gasteiger partial charge in [-0.2, -0.15) is 18.4 Å². The van der Waals surface area contributed by atoms with Crippen molar-refractivity contribution in [1.82, 2.24) is 29.8 Å². The number of aromatic nitrogens is 4. The van der Waals surface area contributed by atoms with Crippen molar-refractivity contribution in [2.24, 2.45) is 7.05 Å². The smallest absolute Gasteiger partial charge is 0.416 e. The molecule has 39 heavy (non-hydrogen) atoms. The number of hydrogen-bond acceptors (Lipinski definition) is 7. The van der Waals surface area contributed by atoms with Crippen LogP contribution in [0, 0.1) is 11.3 Å². The minimum Gasteiger partial charge on any atom is -0.444 e. The van der Waals surface area contributed by atoms with Crippen LogP contribution in [0.25, 0.3) is 22.3 Å². The number of aryl methyl sites for hydroxylation is 2. The molecule has 1 amide bonds. The van der Waals surface area contributed by atoms with E-state index in [1.807, 2.05) is 26.8 Å². The Labute approximate surface area is 224 Å². The van der Waals surface area contributed by atoms with Gasteiger partial charge in [0.2, 0.25) is 0 Å². The average molecular weight is 542 g/mol. The summed E-state index contributed by atoms with van der Waals surface area (Å²) in [6, 6.07) is 8.03. The number of rotatable bonds is 5. The SMILES string of the molecule is Cn1nnc2c(C#N)nc(-c3ccc(CCCN4C[C@@H]5C[C@H]4CN5C(=O)OC(C)(C)C)c(C(F)(F)F)c3)cc21. The summed E-state index contributed by atoms with van der Waals surface area (Å²) < 4.78 is 49.2. The predicted molar refractivity (Wildman–Crippen MR) is 136 cm³/mol. The van der Waals surface area contributed by atoms with Crippen molar-refractivity contribution in [2.75, 3.05) is 19.6 Å². The van der Waals surface area contributed by atoms with E-state index < -0.39 is 17.3 Å². The first kappa shape index (κ1) is 26.9. The summed E-state index contributed by atoms with van der Waals surface area (Å²) in [5, 5.41) is 17.3. The third kappa shape index (κ3) is 5.41. The van der Waals surface area contributed by atoms with E-state index in [9.17, 15) is 23.2 Å². The Hall–Kier alpha value is -3.72. The molecule has 2 saturated heterocycles. The highest BCUT2D eigenvalue weighted by atomic mass is 19.4. The van der Waals surface area contributed by atoms with Gasteiger partial charge in [0, 0.05) is 37.8 Å². The number of amides is 1. The molecule has 0 N–H and O–H groups in total. The Morgan fingerprint density at radius 2 is 1.95 bits per heavy atom. The fourth-order valence-electron chi connectivity index (χ4n) is 5.51. The van der Waals surface area contributed by atoms with Gasteiger partial charge in [-0.1, -0.05) is 17.3 Å². The van der Waals surface area contributed by atoms with Crippen LogP contribution < -0.4 is 0 Å². The second kappa shape index (κ2) is 9.79. The zero-order chi connectivity index (χ0) is 28.1. The fourth-order valence-corrected chi connectivity index (χ4v) is 5.51. The number of ether oxygens (including phenoxy) is 1. The summed E-state index contributed by atoms with van der Waals surface area (Å²) >= 11 is 0. The summed E-state index contributed by atoms with van der Waals surface area (Å²) in [4.78, 5) is 20.8. The highest BCUT2D eigenvalue weighted by Crippen LogP contribution is 2.37. The van der Waals surface area contributed by atoms with Gasteiger partial charge < -0.3 is 9.64 Å². The molecule has 206 valence electrons. The average Bonchev–Trinajstić information content (AvgIpc) is 3.56. The van der Waals surface area contributed by atoms with Crippen molar-refractivity contribution in [2.45, 2.75) is 63.9 Å². The molecule has 2 atom stereocenters. The van der Waals surface area contributed by atoms with Crippen LogP contribution in [-0.4, -0.2) is 73.2 Å². The van der Waals surface area contributed by atoms with Gasteiger partial charge in [-0.3, -0.25) is 4.90 Å². The first-order valence-corrected chi connectivity index (χ1v) is 12.9. The number of benzene rings is 1. The molecule has 4 heterocycles. The summed E-state index contributed by atoms with van der Waals surface area (Å²) in [6.07, 6.45) is -3.17. The minimum atomic E-state index is -4.54. The van der Waals surface area contributed by atoms with Crippen LogP contribution in [0.5, 0.6) is 0 Å². The van der Waals surface area contributed by atoms with E-state index in [0.29, 0.717) is 37.1 Å². The van der Waals surface area contributed by atoms with Gasteiger partial charge in [0.1, 0.15) is 17.2 Å². The van der Waals surface area contributed by atoms with E-state index in [1.54, 1.807) is 24.1 Å². The lowest BCUT2D eigenvalue weighted by Gasteiger charge is -2.35. The van der Waals surface area contributed by atoms with Gasteiger partial charge >= 0.3 is 12.3 Å². The third-order valence-electron chi connectivity index (χ3n) is 7.29. The van der Waals surface area contributed by atoms with Crippen LogP contribution in [0.15, 0.2) is 24.3 Å².